The van der Waals surface area contributed by atoms with Crippen LogP contribution < -0.4 is 11.1 Å². The normalized spacial score (nSPS) is 11.9. The van der Waals surface area contributed by atoms with Crippen molar-refractivity contribution in [2.75, 3.05) is 0 Å². The number of carboxylic acid groups (broad SMARTS) is 1. The van der Waals surface area contributed by atoms with Crippen molar-refractivity contribution in [1.29, 1.82) is 0 Å². The minimum atomic E-state index is -1.17. The van der Waals surface area contributed by atoms with E-state index in [0.29, 0.717) is 6.54 Å². The summed E-state index contributed by atoms with van der Waals surface area (Å²) in [6, 6.07) is 4.83. The van der Waals surface area contributed by atoms with Crippen molar-refractivity contribution in [3.63, 3.8) is 0 Å². The number of rotatable bonds is 5. The lowest BCUT2D eigenvalue weighted by molar-refractivity contribution is -0.140. The first-order chi connectivity index (χ1) is 8.40. The molecule has 0 aliphatic rings. The predicted molar refractivity (Wildman–Crippen MR) is 68.0 cm³/mol. The molecule has 5 nitrogen and oxygen atoms in total. The van der Waals surface area contributed by atoms with Crippen molar-refractivity contribution in [3.05, 3.63) is 34.9 Å². The molecule has 0 radical (unpaired) electrons. The number of benzene rings is 1. The molecule has 0 heterocycles. The van der Waals surface area contributed by atoms with Gasteiger partial charge in [-0.15, -0.1) is 0 Å². The first-order valence-electron chi connectivity index (χ1n) is 5.71. The quantitative estimate of drug-likeness (QED) is 0.718. The van der Waals surface area contributed by atoms with E-state index in [1.54, 1.807) is 0 Å². The Morgan fingerprint density at radius 2 is 2.06 bits per heavy atom. The SMILES string of the molecule is Cc1ccc(C)c(CNC(=O)CC(N)C(=O)O)c1. The second-order valence-corrected chi connectivity index (χ2v) is 4.36. The van der Waals surface area contributed by atoms with Crippen LogP contribution in [0.15, 0.2) is 18.2 Å². The maximum Gasteiger partial charge on any atom is 0.321 e. The van der Waals surface area contributed by atoms with Gasteiger partial charge in [-0.05, 0) is 25.0 Å². The molecule has 0 spiro atoms. The standard InChI is InChI=1S/C13H18N2O3/c1-8-3-4-9(2)10(5-8)7-15-12(16)6-11(14)13(17)18/h3-5,11H,6-7,14H2,1-2H3,(H,15,16)(H,17,18). The van der Waals surface area contributed by atoms with E-state index in [4.69, 9.17) is 10.8 Å². The van der Waals surface area contributed by atoms with E-state index < -0.39 is 12.0 Å². The van der Waals surface area contributed by atoms with Gasteiger partial charge < -0.3 is 16.2 Å². The van der Waals surface area contributed by atoms with E-state index in [9.17, 15) is 9.59 Å². The molecule has 0 saturated heterocycles. The third kappa shape index (κ3) is 4.18. The molecule has 0 aliphatic carbocycles. The van der Waals surface area contributed by atoms with Crippen molar-refractivity contribution < 1.29 is 14.7 Å². The van der Waals surface area contributed by atoms with Gasteiger partial charge in [-0.1, -0.05) is 23.8 Å². The molecule has 1 unspecified atom stereocenters. The Labute approximate surface area is 106 Å². The maximum atomic E-state index is 11.5. The molecular weight excluding hydrogens is 232 g/mol. The first-order valence-corrected chi connectivity index (χ1v) is 5.71. The molecule has 0 saturated carbocycles. The molecular formula is C13H18N2O3. The molecule has 0 fully saturated rings. The lowest BCUT2D eigenvalue weighted by Gasteiger charge is -2.10. The summed E-state index contributed by atoms with van der Waals surface area (Å²) >= 11 is 0. The number of nitrogens with one attached hydrogen (secondary N) is 1. The average Bonchev–Trinajstić information content (AvgIpc) is 2.30. The molecule has 1 amide bonds. The van der Waals surface area contributed by atoms with Crippen molar-refractivity contribution in [2.45, 2.75) is 32.9 Å². The van der Waals surface area contributed by atoms with Crippen LogP contribution in [0, 0.1) is 13.8 Å². The second-order valence-electron chi connectivity index (χ2n) is 4.36. The van der Waals surface area contributed by atoms with E-state index in [1.165, 1.54) is 0 Å². The molecule has 0 bridgehead atoms. The maximum absolute atomic E-state index is 11.5. The summed E-state index contributed by atoms with van der Waals surface area (Å²) in [4.78, 5) is 22.0. The molecule has 1 aromatic rings. The Morgan fingerprint density at radius 3 is 2.67 bits per heavy atom. The molecule has 98 valence electrons. The largest absolute Gasteiger partial charge is 0.480 e. The first kappa shape index (κ1) is 14.2. The molecule has 4 N–H and O–H groups in total. The highest BCUT2D eigenvalue weighted by Crippen LogP contribution is 2.10. The van der Waals surface area contributed by atoms with Crippen LogP contribution in [-0.2, 0) is 16.1 Å². The van der Waals surface area contributed by atoms with E-state index in [0.717, 1.165) is 16.7 Å². The highest BCUT2D eigenvalue weighted by molar-refractivity contribution is 5.84. The van der Waals surface area contributed by atoms with Gasteiger partial charge in [-0.2, -0.15) is 0 Å². The fourth-order valence-corrected chi connectivity index (χ4v) is 1.54. The zero-order chi connectivity index (χ0) is 13.7. The van der Waals surface area contributed by atoms with Gasteiger partial charge in [-0.3, -0.25) is 9.59 Å². The molecule has 18 heavy (non-hydrogen) atoms. The lowest BCUT2D eigenvalue weighted by atomic mass is 10.1. The zero-order valence-corrected chi connectivity index (χ0v) is 10.6. The summed E-state index contributed by atoms with van der Waals surface area (Å²) in [6.07, 6.45) is -0.208. The van der Waals surface area contributed by atoms with Crippen LogP contribution in [0.2, 0.25) is 0 Å². The number of hydrogen-bond acceptors (Lipinski definition) is 3. The fraction of sp³-hybridized carbons (Fsp3) is 0.385. The van der Waals surface area contributed by atoms with Crippen molar-refractivity contribution in [1.82, 2.24) is 5.32 Å². The number of aryl methyl sites for hydroxylation is 2. The highest BCUT2D eigenvalue weighted by Gasteiger charge is 2.15. The highest BCUT2D eigenvalue weighted by atomic mass is 16.4. The van der Waals surface area contributed by atoms with Gasteiger partial charge >= 0.3 is 5.97 Å². The fourth-order valence-electron chi connectivity index (χ4n) is 1.54. The van der Waals surface area contributed by atoms with Crippen molar-refractivity contribution in [2.24, 2.45) is 5.73 Å². The number of hydrogen-bond donors (Lipinski definition) is 3. The predicted octanol–water partition coefficient (Wildman–Crippen LogP) is 0.722. The number of carbonyl (C=O) groups is 2. The topological polar surface area (TPSA) is 92.4 Å². The number of amides is 1. The van der Waals surface area contributed by atoms with Gasteiger partial charge in [0.25, 0.3) is 0 Å². The minimum absolute atomic E-state index is 0.208. The number of nitrogens with two attached hydrogens (primary N) is 1. The number of carbonyl (C=O) groups excluding carboxylic acids is 1. The van der Waals surface area contributed by atoms with E-state index in [-0.39, 0.29) is 12.3 Å². The Balaban J connectivity index is 2.52. The van der Waals surface area contributed by atoms with Gasteiger partial charge in [0.15, 0.2) is 0 Å². The van der Waals surface area contributed by atoms with Gasteiger partial charge in [-0.25, -0.2) is 0 Å². The third-order valence-electron chi connectivity index (χ3n) is 2.70. The van der Waals surface area contributed by atoms with Crippen LogP contribution in [0.25, 0.3) is 0 Å². The Bertz CT molecular complexity index is 458. The Kier molecular flexibility index (Phi) is 4.85. The summed E-state index contributed by atoms with van der Waals surface area (Å²) < 4.78 is 0. The Morgan fingerprint density at radius 1 is 1.39 bits per heavy atom. The van der Waals surface area contributed by atoms with Gasteiger partial charge in [0.1, 0.15) is 6.04 Å². The van der Waals surface area contributed by atoms with Crippen molar-refractivity contribution in [3.8, 4) is 0 Å². The molecule has 0 aromatic heterocycles. The number of carboxylic acids is 1. The van der Waals surface area contributed by atoms with E-state index in [2.05, 4.69) is 5.32 Å². The smallest absolute Gasteiger partial charge is 0.321 e. The zero-order valence-electron chi connectivity index (χ0n) is 10.6. The van der Waals surface area contributed by atoms with Crippen LogP contribution >= 0.6 is 0 Å². The van der Waals surface area contributed by atoms with E-state index in [1.807, 2.05) is 32.0 Å². The van der Waals surface area contributed by atoms with Gasteiger partial charge in [0.05, 0.1) is 6.42 Å². The van der Waals surface area contributed by atoms with Crippen LogP contribution in [0.1, 0.15) is 23.1 Å². The summed E-state index contributed by atoms with van der Waals surface area (Å²) in [5.41, 5.74) is 8.50. The second kappa shape index (κ2) is 6.16. The Hall–Kier alpha value is -1.88. The monoisotopic (exact) mass is 250 g/mol. The number of aliphatic carboxylic acids is 1. The average molecular weight is 250 g/mol. The van der Waals surface area contributed by atoms with E-state index >= 15 is 0 Å². The molecule has 1 aromatic carbocycles. The molecule has 1 rings (SSSR count). The van der Waals surface area contributed by atoms with Gasteiger partial charge in [0.2, 0.25) is 5.91 Å². The van der Waals surface area contributed by atoms with Gasteiger partial charge in [0, 0.05) is 6.54 Å². The molecule has 5 heteroatoms. The minimum Gasteiger partial charge on any atom is -0.480 e. The summed E-state index contributed by atoms with van der Waals surface area (Å²) in [7, 11) is 0. The summed E-state index contributed by atoms with van der Waals surface area (Å²) in [5, 5.41) is 11.3. The molecule has 1 atom stereocenters. The van der Waals surface area contributed by atoms with Crippen LogP contribution in [-0.4, -0.2) is 23.0 Å². The van der Waals surface area contributed by atoms with Crippen LogP contribution in [0.4, 0.5) is 0 Å². The lowest BCUT2D eigenvalue weighted by Crippen LogP contribution is -2.36. The third-order valence-corrected chi connectivity index (χ3v) is 2.70. The van der Waals surface area contributed by atoms with Crippen molar-refractivity contribution >= 4 is 11.9 Å². The summed E-state index contributed by atoms with van der Waals surface area (Å²) in [6.45, 7) is 4.33. The summed E-state index contributed by atoms with van der Waals surface area (Å²) in [5.74, 6) is -1.53. The molecule has 0 aliphatic heterocycles. The van der Waals surface area contributed by atoms with Crippen LogP contribution in [0.5, 0.6) is 0 Å². The van der Waals surface area contributed by atoms with Crippen LogP contribution in [0.3, 0.4) is 0 Å².